The third kappa shape index (κ3) is 7.24. The van der Waals surface area contributed by atoms with Gasteiger partial charge in [0, 0.05) is 29.4 Å². The number of para-hydroxylation sites is 1. The first-order chi connectivity index (χ1) is 23.9. The van der Waals surface area contributed by atoms with Gasteiger partial charge in [0.25, 0.3) is 0 Å². The number of benzene rings is 2. The molecule has 1 aromatic heterocycles. The van der Waals surface area contributed by atoms with E-state index in [9.17, 15) is 24.3 Å². The first-order valence-corrected chi connectivity index (χ1v) is 17.1. The summed E-state index contributed by atoms with van der Waals surface area (Å²) in [5.74, 6) is -2.18. The number of alkyl carbamates (subject to hydrolysis) is 1. The van der Waals surface area contributed by atoms with Crippen molar-refractivity contribution in [1.82, 2.24) is 15.5 Å². The molecule has 0 radical (unpaired) electrons. The number of likely N-dealkylation sites (tertiary alicyclic amines) is 1. The number of hydrogen-bond acceptors (Lipinski definition) is 8. The molecule has 1 saturated heterocycles. The second-order valence-corrected chi connectivity index (χ2v) is 14.5. The molecule has 2 saturated carbocycles. The number of carbonyl (C=O) groups is 4. The lowest BCUT2D eigenvalue weighted by atomic mass is 9.85. The quantitative estimate of drug-likeness (QED) is 0.196. The van der Waals surface area contributed by atoms with Gasteiger partial charge in [0.2, 0.25) is 11.8 Å². The minimum atomic E-state index is -1.50. The number of carboxylic acid groups (broad SMARTS) is 1. The van der Waals surface area contributed by atoms with E-state index in [1.807, 2.05) is 75.4 Å². The summed E-state index contributed by atoms with van der Waals surface area (Å²) in [5.41, 5.74) is -0.811. The number of fused-ring (bicyclic) bond motifs is 1. The van der Waals surface area contributed by atoms with Gasteiger partial charge < -0.3 is 34.6 Å². The largest absolute Gasteiger partial charge is 0.479 e. The summed E-state index contributed by atoms with van der Waals surface area (Å²) < 4.78 is 11.8. The maximum atomic E-state index is 14.4. The van der Waals surface area contributed by atoms with Crippen LogP contribution in [0.5, 0.6) is 0 Å². The Kier molecular flexibility index (Phi) is 9.73. The molecule has 0 unspecified atom stereocenters. The van der Waals surface area contributed by atoms with Crippen LogP contribution >= 0.6 is 0 Å². The SMILES string of the molecule is C=C[C@@H]1C[C@@]1(NC(=O)[C@@H]1C[C@@H](O/N=c2/cc(-c3ccccc3)oc3ccccc23)CN1C(=O)[C@@H](NC(=O)OC1CCCC1)C(C)(C)C)C(=O)O. The van der Waals surface area contributed by atoms with Crippen LogP contribution in [0.3, 0.4) is 0 Å². The van der Waals surface area contributed by atoms with Crippen molar-refractivity contribution >= 4 is 34.8 Å². The van der Waals surface area contributed by atoms with E-state index in [0.717, 1.165) is 31.2 Å². The average Bonchev–Trinajstić information content (AvgIpc) is 3.37. The Morgan fingerprint density at radius 1 is 1.06 bits per heavy atom. The molecular weight excluding hydrogens is 640 g/mol. The number of nitrogens with one attached hydrogen (secondary N) is 2. The van der Waals surface area contributed by atoms with Crippen LogP contribution in [0.15, 0.2) is 82.9 Å². The number of hydrogen-bond donors (Lipinski definition) is 3. The lowest BCUT2D eigenvalue weighted by Crippen LogP contribution is -2.59. The average molecular weight is 685 g/mol. The molecule has 12 nitrogen and oxygen atoms in total. The van der Waals surface area contributed by atoms with Gasteiger partial charge in [0.05, 0.1) is 6.54 Å². The summed E-state index contributed by atoms with van der Waals surface area (Å²) in [5, 5.41) is 21.1. The van der Waals surface area contributed by atoms with Crippen LogP contribution in [-0.4, -0.2) is 70.3 Å². The molecule has 2 aromatic carbocycles. The molecule has 0 bridgehead atoms. The van der Waals surface area contributed by atoms with Gasteiger partial charge in [0.1, 0.15) is 46.5 Å². The van der Waals surface area contributed by atoms with Gasteiger partial charge in [-0.1, -0.05) is 74.5 Å². The highest BCUT2D eigenvalue weighted by molar-refractivity contribution is 5.96. The standard InChI is InChI=1S/C38H44N4O8/c1-5-24-21-38(24,35(45)46)40-33(43)29-19-26(22-42(29)34(44)32(37(2,3)4)39-36(47)48-25-15-9-10-16-25)50-41-28-20-31(23-13-7-6-8-14-23)49-30-18-12-11-17-27(28)30/h5-8,11-14,17-18,20,24-26,29,32H,1,9-10,15-16,19,21-22H2,2-4H3,(H,39,47)(H,40,43)(H,45,46)/b41-28-/t24-,26-,29+,32-,38+/m1/s1. The van der Waals surface area contributed by atoms with Crippen molar-refractivity contribution in [3.63, 3.8) is 0 Å². The molecule has 50 heavy (non-hydrogen) atoms. The third-order valence-corrected chi connectivity index (χ3v) is 9.84. The Labute approximate surface area is 290 Å². The molecule has 1 aliphatic heterocycles. The fourth-order valence-corrected chi connectivity index (χ4v) is 6.88. The number of carbonyl (C=O) groups excluding carboxylic acids is 3. The van der Waals surface area contributed by atoms with E-state index in [1.165, 1.54) is 11.0 Å². The van der Waals surface area contributed by atoms with Crippen molar-refractivity contribution in [2.24, 2.45) is 16.5 Å². The molecular formula is C38H44N4O8. The molecule has 2 heterocycles. The topological polar surface area (TPSA) is 160 Å². The zero-order valence-corrected chi connectivity index (χ0v) is 28.6. The number of aliphatic carboxylic acids is 1. The van der Waals surface area contributed by atoms with E-state index in [2.05, 4.69) is 22.4 Å². The summed E-state index contributed by atoms with van der Waals surface area (Å²) in [6.07, 6.45) is 3.61. The highest BCUT2D eigenvalue weighted by Crippen LogP contribution is 2.45. The predicted molar refractivity (Wildman–Crippen MR) is 184 cm³/mol. The van der Waals surface area contributed by atoms with E-state index in [4.69, 9.17) is 14.0 Å². The second kappa shape index (κ2) is 14.0. The van der Waals surface area contributed by atoms with Gasteiger partial charge in [-0.05, 0) is 49.7 Å². The van der Waals surface area contributed by atoms with E-state index in [-0.39, 0.29) is 25.5 Å². The van der Waals surface area contributed by atoms with Gasteiger partial charge >= 0.3 is 12.1 Å². The molecule has 6 rings (SSSR count). The first kappa shape index (κ1) is 34.7. The lowest BCUT2D eigenvalue weighted by molar-refractivity contribution is -0.146. The van der Waals surface area contributed by atoms with Crippen molar-refractivity contribution in [3.8, 4) is 11.3 Å². The lowest BCUT2D eigenvalue weighted by Gasteiger charge is -2.35. The number of amides is 3. The summed E-state index contributed by atoms with van der Waals surface area (Å²) in [6.45, 7) is 9.12. The highest BCUT2D eigenvalue weighted by Gasteiger charge is 2.61. The highest BCUT2D eigenvalue weighted by atomic mass is 16.6. The first-order valence-electron chi connectivity index (χ1n) is 17.1. The van der Waals surface area contributed by atoms with Gasteiger partial charge in [-0.15, -0.1) is 6.58 Å². The summed E-state index contributed by atoms with van der Waals surface area (Å²) in [6, 6.07) is 16.6. The number of nitrogens with zero attached hydrogens (tertiary/aromatic N) is 2. The maximum absolute atomic E-state index is 14.4. The molecule has 5 atom stereocenters. The van der Waals surface area contributed by atoms with Crippen molar-refractivity contribution in [2.45, 2.75) is 89.1 Å². The normalized spacial score (nSPS) is 24.4. The Hall–Kier alpha value is -5.13. The fraction of sp³-hybridized carbons (Fsp3) is 0.447. The maximum Gasteiger partial charge on any atom is 0.408 e. The Morgan fingerprint density at radius 2 is 1.76 bits per heavy atom. The van der Waals surface area contributed by atoms with Crippen molar-refractivity contribution in [3.05, 3.63) is 78.7 Å². The Bertz CT molecular complexity index is 1840. The molecule has 3 aromatic rings. The van der Waals surface area contributed by atoms with Gasteiger partial charge in [-0.3, -0.25) is 9.59 Å². The van der Waals surface area contributed by atoms with Crippen LogP contribution in [0.1, 0.15) is 59.3 Å². The predicted octanol–water partition coefficient (Wildman–Crippen LogP) is 5.13. The van der Waals surface area contributed by atoms with E-state index in [0.29, 0.717) is 22.1 Å². The van der Waals surface area contributed by atoms with Crippen LogP contribution in [0, 0.1) is 11.3 Å². The number of ether oxygens (including phenoxy) is 1. The van der Waals surface area contributed by atoms with E-state index in [1.54, 1.807) is 6.07 Å². The minimum absolute atomic E-state index is 0.0298. The van der Waals surface area contributed by atoms with Crippen LogP contribution < -0.4 is 16.0 Å². The van der Waals surface area contributed by atoms with Crippen LogP contribution in [0.4, 0.5) is 4.79 Å². The minimum Gasteiger partial charge on any atom is -0.479 e. The van der Waals surface area contributed by atoms with Crippen LogP contribution in [0.2, 0.25) is 0 Å². The summed E-state index contributed by atoms with van der Waals surface area (Å²) in [4.78, 5) is 60.9. The second-order valence-electron chi connectivity index (χ2n) is 14.5. The molecule has 264 valence electrons. The van der Waals surface area contributed by atoms with Crippen molar-refractivity contribution in [1.29, 1.82) is 0 Å². The van der Waals surface area contributed by atoms with Gasteiger partial charge in [-0.2, -0.15) is 0 Å². The molecule has 3 aliphatic rings. The zero-order chi connectivity index (χ0) is 35.6. The molecule has 2 aliphatic carbocycles. The van der Waals surface area contributed by atoms with Crippen molar-refractivity contribution < 1.29 is 38.3 Å². The summed E-state index contributed by atoms with van der Waals surface area (Å²) >= 11 is 0. The van der Waals surface area contributed by atoms with Gasteiger partial charge in [-0.25, -0.2) is 9.59 Å². The van der Waals surface area contributed by atoms with Crippen molar-refractivity contribution in [2.75, 3.05) is 6.54 Å². The fourth-order valence-electron chi connectivity index (χ4n) is 6.88. The number of rotatable bonds is 10. The third-order valence-electron chi connectivity index (χ3n) is 9.84. The Balaban J connectivity index is 1.29. The molecule has 3 amide bonds. The van der Waals surface area contributed by atoms with Crippen LogP contribution in [-0.2, 0) is 24.0 Å². The Morgan fingerprint density at radius 3 is 2.42 bits per heavy atom. The number of carboxylic acids is 1. The molecule has 3 N–H and O–H groups in total. The summed E-state index contributed by atoms with van der Waals surface area (Å²) in [7, 11) is 0. The smallest absolute Gasteiger partial charge is 0.408 e. The zero-order valence-electron chi connectivity index (χ0n) is 28.6. The monoisotopic (exact) mass is 684 g/mol. The van der Waals surface area contributed by atoms with E-state index < -0.39 is 58.9 Å². The van der Waals surface area contributed by atoms with Crippen LogP contribution in [0.25, 0.3) is 22.3 Å². The van der Waals surface area contributed by atoms with Gasteiger partial charge in [0.15, 0.2) is 0 Å². The molecule has 12 heteroatoms. The van der Waals surface area contributed by atoms with E-state index >= 15 is 0 Å². The molecule has 0 spiro atoms. The molecule has 3 fully saturated rings.